The molecule has 0 aliphatic rings. The first-order valence-electron chi connectivity index (χ1n) is 5.73. The van der Waals surface area contributed by atoms with Gasteiger partial charge >= 0.3 is 0 Å². The Bertz CT molecular complexity index is 545. The Morgan fingerprint density at radius 2 is 2.06 bits per heavy atom. The van der Waals surface area contributed by atoms with Gasteiger partial charge in [0.2, 0.25) is 5.89 Å². The van der Waals surface area contributed by atoms with E-state index in [1.165, 1.54) is 0 Å². The Balaban J connectivity index is 2.29. The molecule has 96 valence electrons. The second-order valence-electron chi connectivity index (χ2n) is 5.24. The molecule has 0 saturated carbocycles. The maximum absolute atomic E-state index is 6.10. The van der Waals surface area contributed by atoms with Gasteiger partial charge in [-0.15, -0.1) is 0 Å². The summed E-state index contributed by atoms with van der Waals surface area (Å²) in [7, 11) is 0. The summed E-state index contributed by atoms with van der Waals surface area (Å²) >= 11 is 5.93. The summed E-state index contributed by atoms with van der Waals surface area (Å²) in [6.07, 6.45) is 0. The molecule has 1 aromatic carbocycles. The fourth-order valence-electron chi connectivity index (χ4n) is 1.51. The molecular formula is C13H16ClN3O. The topological polar surface area (TPSA) is 64.9 Å². The van der Waals surface area contributed by atoms with E-state index in [0.29, 0.717) is 16.7 Å². The summed E-state index contributed by atoms with van der Waals surface area (Å²) in [6, 6.07) is 6.92. The molecule has 1 aromatic heterocycles. The van der Waals surface area contributed by atoms with Crippen molar-refractivity contribution in [1.29, 1.82) is 0 Å². The third kappa shape index (κ3) is 2.71. The number of hydrogen-bond acceptors (Lipinski definition) is 4. The highest BCUT2D eigenvalue weighted by atomic mass is 35.5. The van der Waals surface area contributed by atoms with Crippen molar-refractivity contribution in [3.05, 3.63) is 46.6 Å². The zero-order valence-corrected chi connectivity index (χ0v) is 11.4. The largest absolute Gasteiger partial charge is 0.339 e. The van der Waals surface area contributed by atoms with Crippen LogP contribution in [0.4, 0.5) is 0 Å². The molecule has 1 unspecified atom stereocenters. The lowest BCUT2D eigenvalue weighted by atomic mass is 9.97. The Labute approximate surface area is 111 Å². The molecule has 0 bridgehead atoms. The third-order valence-electron chi connectivity index (χ3n) is 2.57. The smallest absolute Gasteiger partial charge is 0.232 e. The fourth-order valence-corrected chi connectivity index (χ4v) is 1.71. The zero-order chi connectivity index (χ0) is 13.3. The lowest BCUT2D eigenvalue weighted by molar-refractivity contribution is 0.317. The lowest BCUT2D eigenvalue weighted by Crippen LogP contribution is -2.15. The highest BCUT2D eigenvalue weighted by molar-refractivity contribution is 6.30. The van der Waals surface area contributed by atoms with Crippen LogP contribution in [-0.4, -0.2) is 10.1 Å². The second kappa shape index (κ2) is 4.71. The van der Waals surface area contributed by atoms with Crippen LogP contribution < -0.4 is 5.73 Å². The van der Waals surface area contributed by atoms with Crippen LogP contribution in [0.1, 0.15) is 44.1 Å². The normalized spacial score (nSPS) is 13.6. The quantitative estimate of drug-likeness (QED) is 0.906. The van der Waals surface area contributed by atoms with Gasteiger partial charge in [0.1, 0.15) is 0 Å². The number of hydrogen-bond donors (Lipinski definition) is 1. The molecule has 0 fully saturated rings. The SMILES string of the molecule is CC(C)(C)c1nc(C(N)c2cccc(Cl)c2)no1. The summed E-state index contributed by atoms with van der Waals surface area (Å²) in [5.74, 6) is 1.05. The molecule has 5 heteroatoms. The van der Waals surface area contributed by atoms with E-state index in [2.05, 4.69) is 10.1 Å². The molecule has 18 heavy (non-hydrogen) atoms. The van der Waals surface area contributed by atoms with Crippen molar-refractivity contribution in [2.24, 2.45) is 5.73 Å². The van der Waals surface area contributed by atoms with Gasteiger partial charge < -0.3 is 10.3 Å². The number of aromatic nitrogens is 2. The maximum Gasteiger partial charge on any atom is 0.232 e. The number of benzene rings is 1. The lowest BCUT2D eigenvalue weighted by Gasteiger charge is -2.11. The maximum atomic E-state index is 6.10. The van der Waals surface area contributed by atoms with E-state index in [0.717, 1.165) is 5.56 Å². The minimum Gasteiger partial charge on any atom is -0.339 e. The van der Waals surface area contributed by atoms with Crippen LogP contribution in [0.25, 0.3) is 0 Å². The van der Waals surface area contributed by atoms with Crippen LogP contribution in [-0.2, 0) is 5.41 Å². The zero-order valence-electron chi connectivity index (χ0n) is 10.6. The van der Waals surface area contributed by atoms with Crippen LogP contribution in [0.15, 0.2) is 28.8 Å². The second-order valence-corrected chi connectivity index (χ2v) is 5.68. The van der Waals surface area contributed by atoms with E-state index in [4.69, 9.17) is 21.9 Å². The first-order valence-corrected chi connectivity index (χ1v) is 6.11. The van der Waals surface area contributed by atoms with Crippen molar-refractivity contribution in [3.8, 4) is 0 Å². The number of nitrogens with two attached hydrogens (primary N) is 1. The first-order chi connectivity index (χ1) is 8.38. The van der Waals surface area contributed by atoms with E-state index in [1.54, 1.807) is 12.1 Å². The first kappa shape index (κ1) is 13.1. The molecule has 0 radical (unpaired) electrons. The van der Waals surface area contributed by atoms with Gasteiger partial charge in [-0.25, -0.2) is 0 Å². The molecule has 1 heterocycles. The molecule has 2 N–H and O–H groups in total. The Morgan fingerprint density at radius 3 is 2.61 bits per heavy atom. The minimum atomic E-state index is -0.427. The molecule has 4 nitrogen and oxygen atoms in total. The van der Waals surface area contributed by atoms with E-state index < -0.39 is 6.04 Å². The summed E-state index contributed by atoms with van der Waals surface area (Å²) < 4.78 is 5.23. The summed E-state index contributed by atoms with van der Waals surface area (Å²) in [4.78, 5) is 4.34. The van der Waals surface area contributed by atoms with Crippen molar-refractivity contribution in [2.45, 2.75) is 32.2 Å². The Hall–Kier alpha value is -1.39. The van der Waals surface area contributed by atoms with E-state index in [-0.39, 0.29) is 5.41 Å². The summed E-state index contributed by atoms with van der Waals surface area (Å²) in [5.41, 5.74) is 6.78. The monoisotopic (exact) mass is 265 g/mol. The van der Waals surface area contributed by atoms with Crippen LogP contribution in [0.3, 0.4) is 0 Å². The standard InChI is InChI=1S/C13H16ClN3O/c1-13(2,3)12-16-11(17-18-12)10(15)8-5-4-6-9(14)7-8/h4-7,10H,15H2,1-3H3. The van der Waals surface area contributed by atoms with E-state index in [9.17, 15) is 0 Å². The number of halogens is 1. The molecule has 2 aromatic rings. The Kier molecular flexibility index (Phi) is 3.41. The van der Waals surface area contributed by atoms with Crippen molar-refractivity contribution in [2.75, 3.05) is 0 Å². The van der Waals surface area contributed by atoms with Gasteiger partial charge in [0.05, 0.1) is 6.04 Å². The van der Waals surface area contributed by atoms with Crippen molar-refractivity contribution < 1.29 is 4.52 Å². The highest BCUT2D eigenvalue weighted by Gasteiger charge is 2.24. The molecule has 0 aliphatic heterocycles. The molecule has 0 spiro atoms. The average Bonchev–Trinajstić information content (AvgIpc) is 2.77. The highest BCUT2D eigenvalue weighted by Crippen LogP contribution is 2.24. The van der Waals surface area contributed by atoms with Gasteiger partial charge in [-0.3, -0.25) is 0 Å². The molecular weight excluding hydrogens is 250 g/mol. The van der Waals surface area contributed by atoms with Gasteiger partial charge in [-0.1, -0.05) is 49.7 Å². The van der Waals surface area contributed by atoms with Crippen LogP contribution in [0, 0.1) is 0 Å². The predicted octanol–water partition coefficient (Wildman–Crippen LogP) is 3.07. The van der Waals surface area contributed by atoms with Crippen LogP contribution >= 0.6 is 11.6 Å². The van der Waals surface area contributed by atoms with Crippen LogP contribution in [0.5, 0.6) is 0 Å². The molecule has 1 atom stereocenters. The summed E-state index contributed by atoms with van der Waals surface area (Å²) in [5, 5.41) is 4.58. The van der Waals surface area contributed by atoms with Crippen molar-refractivity contribution >= 4 is 11.6 Å². The van der Waals surface area contributed by atoms with Gasteiger partial charge in [-0.2, -0.15) is 4.98 Å². The molecule has 0 aliphatic carbocycles. The van der Waals surface area contributed by atoms with Crippen molar-refractivity contribution in [3.63, 3.8) is 0 Å². The van der Waals surface area contributed by atoms with Gasteiger partial charge in [0.25, 0.3) is 0 Å². The Morgan fingerprint density at radius 1 is 1.33 bits per heavy atom. The average molecular weight is 266 g/mol. The van der Waals surface area contributed by atoms with E-state index in [1.807, 2.05) is 32.9 Å². The summed E-state index contributed by atoms with van der Waals surface area (Å²) in [6.45, 7) is 6.03. The van der Waals surface area contributed by atoms with Crippen LogP contribution in [0.2, 0.25) is 5.02 Å². The minimum absolute atomic E-state index is 0.181. The number of rotatable bonds is 2. The number of nitrogens with zero attached hydrogens (tertiary/aromatic N) is 2. The molecule has 0 saturated heterocycles. The predicted molar refractivity (Wildman–Crippen MR) is 70.5 cm³/mol. The van der Waals surface area contributed by atoms with E-state index >= 15 is 0 Å². The van der Waals surface area contributed by atoms with Crippen molar-refractivity contribution in [1.82, 2.24) is 10.1 Å². The van der Waals surface area contributed by atoms with Gasteiger partial charge in [0, 0.05) is 10.4 Å². The van der Waals surface area contributed by atoms with Gasteiger partial charge in [0.15, 0.2) is 5.82 Å². The molecule has 2 rings (SSSR count). The fraction of sp³-hybridized carbons (Fsp3) is 0.385. The third-order valence-corrected chi connectivity index (χ3v) is 2.80. The molecule has 0 amide bonds. The van der Waals surface area contributed by atoms with Gasteiger partial charge in [-0.05, 0) is 17.7 Å².